The number of anilines is 6. The molecule has 18 heteroatoms. The summed E-state index contributed by atoms with van der Waals surface area (Å²) >= 11 is 0. The molecule has 0 radical (unpaired) electrons. The van der Waals surface area contributed by atoms with Crippen LogP contribution in [0.15, 0.2) is 127 Å². The Bertz CT molecular complexity index is 3610. The van der Waals surface area contributed by atoms with Crippen LogP contribution in [0.1, 0.15) is 150 Å². The Morgan fingerprint density at radius 1 is 0.356 bits per heavy atom. The summed E-state index contributed by atoms with van der Waals surface area (Å²) in [6, 6.07) is 31.7. The molecular formula is C69H69N9O9. The predicted molar refractivity (Wildman–Crippen MR) is 345 cm³/mol. The molecule has 0 aliphatic carbocycles. The Morgan fingerprint density at radius 3 is 0.782 bits per heavy atom. The van der Waals surface area contributed by atoms with Crippen LogP contribution in [-0.2, 0) is 35.5 Å². The van der Waals surface area contributed by atoms with Gasteiger partial charge in [-0.15, -0.1) is 0 Å². The zero-order valence-corrected chi connectivity index (χ0v) is 50.8. The van der Waals surface area contributed by atoms with E-state index in [9.17, 15) is 44.7 Å². The molecule has 0 spiro atoms. The fraction of sp³-hybridized carbons (Fsp3) is 0.261. The van der Waals surface area contributed by atoms with Crippen molar-refractivity contribution in [2.45, 2.75) is 119 Å². The van der Waals surface area contributed by atoms with Gasteiger partial charge in [0.05, 0.1) is 31.8 Å². The minimum absolute atomic E-state index is 0.122. The molecule has 0 saturated carbocycles. The summed E-state index contributed by atoms with van der Waals surface area (Å²) in [6.45, 7) is 24.7. The van der Waals surface area contributed by atoms with Crippen molar-refractivity contribution in [1.29, 1.82) is 0 Å². The quantitative estimate of drug-likeness (QED) is 0.0386. The fourth-order valence-electron chi connectivity index (χ4n) is 9.35. The van der Waals surface area contributed by atoms with Gasteiger partial charge in [-0.1, -0.05) is 137 Å². The highest BCUT2D eigenvalue weighted by atomic mass is 16.6. The number of non-ortho nitro benzene ring substituents is 3. The number of nitrogens with one attached hydrogen (secondary N) is 6. The summed E-state index contributed by atoms with van der Waals surface area (Å²) in [5.41, 5.74) is 9.81. The van der Waals surface area contributed by atoms with Gasteiger partial charge >= 0.3 is 18.1 Å². The molecular weight excluding hydrogens is 1100 g/mol. The number of hydrogen-bond donors (Lipinski definition) is 6. The van der Waals surface area contributed by atoms with Gasteiger partial charge in [0.25, 0.3) is 17.1 Å². The Morgan fingerprint density at radius 2 is 0.586 bits per heavy atom. The number of hydrogen-bond acceptors (Lipinski definition) is 9. The molecule has 87 heavy (non-hydrogen) atoms. The number of carbonyl (C=O) groups is 3. The van der Waals surface area contributed by atoms with Crippen molar-refractivity contribution in [2.24, 2.45) is 0 Å². The lowest BCUT2D eigenvalue weighted by atomic mass is 9.83. The highest BCUT2D eigenvalue weighted by molar-refractivity contribution is 6.02. The second kappa shape index (κ2) is 26.9. The maximum absolute atomic E-state index is 13.7. The zero-order chi connectivity index (χ0) is 63.5. The number of rotatable bonds is 12. The van der Waals surface area contributed by atoms with Gasteiger partial charge in [0.1, 0.15) is 0 Å². The third kappa shape index (κ3) is 16.3. The third-order valence-electron chi connectivity index (χ3n) is 14.2. The van der Waals surface area contributed by atoms with E-state index in [0.29, 0.717) is 86.8 Å². The minimum atomic E-state index is -0.595. The first kappa shape index (κ1) is 63.8. The van der Waals surface area contributed by atoms with Crippen LogP contribution >= 0.6 is 0 Å². The van der Waals surface area contributed by atoms with Gasteiger partial charge in [0.2, 0.25) is 0 Å². The Balaban J connectivity index is 1.44. The molecule has 7 aromatic rings. The third-order valence-corrected chi connectivity index (χ3v) is 14.2. The van der Waals surface area contributed by atoms with Crippen LogP contribution in [0.3, 0.4) is 0 Å². The van der Waals surface area contributed by atoms with Gasteiger partial charge < -0.3 is 31.9 Å². The lowest BCUT2D eigenvalue weighted by Crippen LogP contribution is -2.20. The van der Waals surface area contributed by atoms with E-state index in [4.69, 9.17) is 0 Å². The first-order chi connectivity index (χ1) is 41.1. The number of urea groups is 3. The molecule has 0 aromatic heterocycles. The lowest BCUT2D eigenvalue weighted by Gasteiger charge is -2.21. The van der Waals surface area contributed by atoms with E-state index in [1.807, 2.05) is 57.2 Å². The zero-order valence-electron chi connectivity index (χ0n) is 50.8. The average molecular weight is 1170 g/mol. The van der Waals surface area contributed by atoms with Crippen LogP contribution in [0.2, 0.25) is 0 Å². The molecule has 0 fully saturated rings. The fourth-order valence-corrected chi connectivity index (χ4v) is 9.35. The maximum atomic E-state index is 13.7. The van der Waals surface area contributed by atoms with E-state index in [0.717, 1.165) is 33.4 Å². The maximum Gasteiger partial charge on any atom is 0.323 e. The molecule has 0 unspecified atom stereocenters. The Kier molecular flexibility index (Phi) is 19.7. The summed E-state index contributed by atoms with van der Waals surface area (Å²) < 4.78 is 0. The Labute approximate surface area is 506 Å². The number of nitro groups is 3. The SMILES string of the molecule is CCc1c(C#Cc2cc(C(C)(C)C)ccc2NC(=O)Nc2ccc([N+](=O)[O-])cc2)c(CC)c(C#Cc2cc(C(C)(C)C)ccc2NC(=O)Nc2ccc([N+](=O)[O-])cc2)c(CC)c1C#Cc1cc(C(C)(C)C)ccc1NC(=O)Nc1ccc([N+](=O)[O-])cc1. The second-order valence-electron chi connectivity index (χ2n) is 23.6. The van der Waals surface area contributed by atoms with Gasteiger partial charge in [-0.25, -0.2) is 14.4 Å². The van der Waals surface area contributed by atoms with Crippen molar-refractivity contribution >= 4 is 69.3 Å². The van der Waals surface area contributed by atoms with Gasteiger partial charge in [-0.2, -0.15) is 0 Å². The van der Waals surface area contributed by atoms with E-state index in [-0.39, 0.29) is 33.3 Å². The van der Waals surface area contributed by atoms with Gasteiger partial charge in [-0.05, 0) is 142 Å². The second-order valence-corrected chi connectivity index (χ2v) is 23.6. The molecule has 0 aliphatic heterocycles. The minimum Gasteiger partial charge on any atom is -0.308 e. The number of benzene rings is 7. The number of carbonyl (C=O) groups excluding carboxylic acids is 3. The summed E-state index contributed by atoms with van der Waals surface area (Å²) in [5.74, 6) is 21.0. The first-order valence-electron chi connectivity index (χ1n) is 28.2. The van der Waals surface area contributed by atoms with E-state index in [2.05, 4.69) is 130 Å². The van der Waals surface area contributed by atoms with Crippen molar-refractivity contribution in [3.63, 3.8) is 0 Å². The molecule has 6 amide bonds. The predicted octanol–water partition coefficient (Wildman–Crippen LogP) is 16.1. The number of amides is 6. The highest BCUT2D eigenvalue weighted by Gasteiger charge is 2.23. The molecule has 6 N–H and O–H groups in total. The summed E-state index contributed by atoms with van der Waals surface area (Å²) in [6.07, 6.45) is 1.43. The smallest absolute Gasteiger partial charge is 0.308 e. The summed E-state index contributed by atoms with van der Waals surface area (Å²) in [7, 11) is 0. The highest BCUT2D eigenvalue weighted by Crippen LogP contribution is 2.34. The van der Waals surface area contributed by atoms with Gasteiger partial charge in [-0.3, -0.25) is 30.3 Å². The standard InChI is InChI=1S/C69H69N9O9/c1-13-55-58(34-16-43-40-46(67(4,5)6)19-37-61(43)73-64(79)70-49-22-28-52(29-23-49)76(82)83)56(14-2)60(36-18-45-42-48(69(10,11)12)21-39-63(45)75-66(81)72-51-26-32-54(33-27-51)78(86)87)57(15-3)59(55)35-17-44-41-47(68(7,8)9)20-38-62(44)74-65(80)71-50-24-30-53(31-25-50)77(84)85/h19-33,37-42H,13-15H2,1-12H3,(H2,70,73,79)(H2,71,74,80)(H2,72,75,81). The van der Waals surface area contributed by atoms with Crippen molar-refractivity contribution in [2.75, 3.05) is 31.9 Å². The molecule has 7 aromatic carbocycles. The van der Waals surface area contributed by atoms with Crippen LogP contribution in [0, 0.1) is 65.9 Å². The van der Waals surface area contributed by atoms with Crippen molar-refractivity contribution in [3.8, 4) is 35.5 Å². The molecule has 0 atom stereocenters. The van der Waals surface area contributed by atoms with Crippen molar-refractivity contribution in [3.05, 3.63) is 224 Å². The molecule has 0 saturated heterocycles. The molecule has 18 nitrogen and oxygen atoms in total. The number of nitro benzene ring substituents is 3. The molecule has 444 valence electrons. The normalized spacial score (nSPS) is 11.0. The van der Waals surface area contributed by atoms with Crippen molar-refractivity contribution < 1.29 is 29.2 Å². The first-order valence-corrected chi connectivity index (χ1v) is 28.2. The largest absolute Gasteiger partial charge is 0.323 e. The van der Waals surface area contributed by atoms with Gasteiger partial charge in [0, 0.05) is 86.8 Å². The molecule has 0 bridgehead atoms. The van der Waals surface area contributed by atoms with E-state index in [1.54, 1.807) is 18.2 Å². The lowest BCUT2D eigenvalue weighted by molar-refractivity contribution is -0.385. The topological polar surface area (TPSA) is 253 Å². The number of nitrogens with zero attached hydrogens (tertiary/aromatic N) is 3. The monoisotopic (exact) mass is 1170 g/mol. The van der Waals surface area contributed by atoms with Gasteiger partial charge in [0.15, 0.2) is 0 Å². The molecule has 0 heterocycles. The van der Waals surface area contributed by atoms with Crippen LogP contribution in [0.25, 0.3) is 0 Å². The van der Waals surface area contributed by atoms with Crippen LogP contribution < -0.4 is 31.9 Å². The van der Waals surface area contributed by atoms with E-state index >= 15 is 0 Å². The molecule has 7 rings (SSSR count). The molecule has 0 aliphatic rings. The van der Waals surface area contributed by atoms with E-state index in [1.165, 1.54) is 72.8 Å². The summed E-state index contributed by atoms with van der Waals surface area (Å²) in [5, 5.41) is 51.1. The van der Waals surface area contributed by atoms with Crippen molar-refractivity contribution in [1.82, 2.24) is 0 Å². The van der Waals surface area contributed by atoms with Crippen LogP contribution in [-0.4, -0.2) is 32.9 Å². The van der Waals surface area contributed by atoms with E-state index < -0.39 is 32.9 Å². The Hall–Kier alpha value is -10.8. The average Bonchev–Trinajstić information content (AvgIpc) is 0.956. The summed E-state index contributed by atoms with van der Waals surface area (Å²) in [4.78, 5) is 73.4. The van der Waals surface area contributed by atoms with Crippen LogP contribution in [0.4, 0.5) is 65.6 Å². The van der Waals surface area contributed by atoms with Crippen LogP contribution in [0.5, 0.6) is 0 Å².